The fourth-order valence-corrected chi connectivity index (χ4v) is 6.62. The van der Waals surface area contributed by atoms with Gasteiger partial charge in [0.15, 0.2) is 0 Å². The van der Waals surface area contributed by atoms with Gasteiger partial charge in [-0.25, -0.2) is 0 Å². The molecule has 2 saturated carbocycles. The van der Waals surface area contributed by atoms with Gasteiger partial charge < -0.3 is 20.1 Å². The molecule has 1 aromatic rings. The lowest BCUT2D eigenvalue weighted by atomic mass is 9.69. The van der Waals surface area contributed by atoms with Crippen LogP contribution in [0.25, 0.3) is 0 Å². The Balaban J connectivity index is 1.57. The van der Waals surface area contributed by atoms with Crippen LogP contribution in [0.1, 0.15) is 74.2 Å². The number of ether oxygens (including phenoxy) is 2. The lowest BCUT2D eigenvalue weighted by Crippen LogP contribution is -2.41. The number of hydrogen-bond donors (Lipinski definition) is 1. The zero-order valence-electron chi connectivity index (χ0n) is 21.6. The first kappa shape index (κ1) is 25.6. The number of amides is 1. The van der Waals surface area contributed by atoms with Crippen LogP contribution in [0.4, 0.5) is 0 Å². The summed E-state index contributed by atoms with van der Waals surface area (Å²) in [5, 5.41) is 5.10. The standard InChI is InChI=1S/C26H45N5O3/c1-29(13-12-27)16-22-24(20-8-10-26(11-9-20,18-33-2)19-34-3)23-17-30(14-15-31(23)28-22)25(32)21-6-4-5-7-21/h20-21H,4-19,27H2,1-3H3. The summed E-state index contributed by atoms with van der Waals surface area (Å²) in [6.45, 7) is 6.07. The van der Waals surface area contributed by atoms with E-state index in [1.165, 1.54) is 29.8 Å². The molecule has 1 aliphatic heterocycles. The fourth-order valence-electron chi connectivity index (χ4n) is 6.62. The first-order valence-corrected chi connectivity index (χ1v) is 13.2. The summed E-state index contributed by atoms with van der Waals surface area (Å²) in [6.07, 6.45) is 8.89. The molecule has 2 fully saturated rings. The maximum Gasteiger partial charge on any atom is 0.226 e. The molecule has 4 rings (SSSR count). The van der Waals surface area contributed by atoms with Crippen molar-refractivity contribution in [3.05, 3.63) is 17.0 Å². The predicted molar refractivity (Wildman–Crippen MR) is 132 cm³/mol. The number of fused-ring (bicyclic) bond motifs is 1. The Kier molecular flexibility index (Phi) is 8.66. The van der Waals surface area contributed by atoms with Crippen molar-refractivity contribution < 1.29 is 14.3 Å². The summed E-state index contributed by atoms with van der Waals surface area (Å²) < 4.78 is 13.4. The van der Waals surface area contributed by atoms with Gasteiger partial charge in [-0.2, -0.15) is 5.10 Å². The Morgan fingerprint density at radius 1 is 1.12 bits per heavy atom. The van der Waals surface area contributed by atoms with Crippen LogP contribution < -0.4 is 5.73 Å². The molecule has 0 unspecified atom stereocenters. The second-order valence-electron chi connectivity index (χ2n) is 10.9. The Hall–Kier alpha value is -1.48. The third-order valence-electron chi connectivity index (χ3n) is 8.40. The molecule has 2 heterocycles. The summed E-state index contributed by atoms with van der Waals surface area (Å²) in [5.74, 6) is 1.06. The van der Waals surface area contributed by atoms with Crippen molar-refractivity contribution in [3.63, 3.8) is 0 Å². The van der Waals surface area contributed by atoms with Crippen molar-refractivity contribution in [1.29, 1.82) is 0 Å². The number of carbonyl (C=O) groups excluding carboxylic acids is 1. The number of rotatable bonds is 10. The van der Waals surface area contributed by atoms with E-state index in [-0.39, 0.29) is 11.3 Å². The highest BCUT2D eigenvalue weighted by Crippen LogP contribution is 2.45. The third kappa shape index (κ3) is 5.50. The van der Waals surface area contributed by atoms with E-state index >= 15 is 0 Å². The molecule has 34 heavy (non-hydrogen) atoms. The van der Waals surface area contributed by atoms with Gasteiger partial charge in [0.2, 0.25) is 5.91 Å². The number of aromatic nitrogens is 2. The van der Waals surface area contributed by atoms with E-state index in [1.807, 2.05) is 0 Å². The van der Waals surface area contributed by atoms with Crippen molar-refractivity contribution in [2.75, 3.05) is 54.1 Å². The summed E-state index contributed by atoms with van der Waals surface area (Å²) in [6, 6.07) is 0. The molecule has 1 amide bonds. The van der Waals surface area contributed by atoms with Crippen LogP contribution >= 0.6 is 0 Å². The minimum absolute atomic E-state index is 0.105. The van der Waals surface area contributed by atoms with Gasteiger partial charge in [0.05, 0.1) is 37.7 Å². The highest BCUT2D eigenvalue weighted by molar-refractivity contribution is 5.79. The molecule has 8 nitrogen and oxygen atoms in total. The molecule has 1 aromatic heterocycles. The van der Waals surface area contributed by atoms with E-state index in [2.05, 4.69) is 21.5 Å². The second kappa shape index (κ2) is 11.5. The molecular formula is C26H45N5O3. The summed E-state index contributed by atoms with van der Waals surface area (Å²) in [7, 11) is 5.70. The van der Waals surface area contributed by atoms with E-state index in [4.69, 9.17) is 20.3 Å². The molecule has 2 N–H and O–H groups in total. The predicted octanol–water partition coefficient (Wildman–Crippen LogP) is 2.74. The lowest BCUT2D eigenvalue weighted by Gasteiger charge is -2.40. The maximum atomic E-state index is 13.2. The Morgan fingerprint density at radius 2 is 1.79 bits per heavy atom. The number of likely N-dealkylation sites (N-methyl/N-ethyl adjacent to an activating group) is 1. The number of methoxy groups -OCH3 is 2. The van der Waals surface area contributed by atoms with Crippen LogP contribution in [0.15, 0.2) is 0 Å². The van der Waals surface area contributed by atoms with Crippen LogP contribution in [-0.4, -0.2) is 79.6 Å². The number of nitrogens with two attached hydrogens (primary N) is 1. The Morgan fingerprint density at radius 3 is 2.41 bits per heavy atom. The Labute approximate surface area is 205 Å². The van der Waals surface area contributed by atoms with Crippen LogP contribution in [0.2, 0.25) is 0 Å². The topological polar surface area (TPSA) is 85.8 Å². The highest BCUT2D eigenvalue weighted by Gasteiger charge is 2.39. The highest BCUT2D eigenvalue weighted by atomic mass is 16.5. The van der Waals surface area contributed by atoms with E-state index in [1.54, 1.807) is 14.2 Å². The largest absolute Gasteiger partial charge is 0.384 e. The molecule has 0 spiro atoms. The van der Waals surface area contributed by atoms with Crippen molar-refractivity contribution in [1.82, 2.24) is 19.6 Å². The Bertz CT molecular complexity index is 804. The van der Waals surface area contributed by atoms with Gasteiger partial charge in [0.1, 0.15) is 0 Å². The van der Waals surface area contributed by atoms with Crippen LogP contribution in [0.5, 0.6) is 0 Å². The minimum Gasteiger partial charge on any atom is -0.384 e. The molecule has 0 aromatic carbocycles. The van der Waals surface area contributed by atoms with E-state index in [9.17, 15) is 4.79 Å². The molecule has 192 valence electrons. The first-order valence-electron chi connectivity index (χ1n) is 13.2. The zero-order valence-corrected chi connectivity index (χ0v) is 21.6. The third-order valence-corrected chi connectivity index (χ3v) is 8.40. The molecule has 0 radical (unpaired) electrons. The smallest absolute Gasteiger partial charge is 0.226 e. The van der Waals surface area contributed by atoms with Crippen molar-refractivity contribution in [2.24, 2.45) is 17.1 Å². The van der Waals surface area contributed by atoms with Crippen molar-refractivity contribution in [3.8, 4) is 0 Å². The van der Waals surface area contributed by atoms with Crippen LogP contribution in [0, 0.1) is 11.3 Å². The number of nitrogens with zero attached hydrogens (tertiary/aromatic N) is 4. The van der Waals surface area contributed by atoms with E-state index < -0.39 is 0 Å². The normalized spacial score (nSPS) is 21.4. The summed E-state index contributed by atoms with van der Waals surface area (Å²) >= 11 is 0. The monoisotopic (exact) mass is 475 g/mol. The lowest BCUT2D eigenvalue weighted by molar-refractivity contribution is -0.136. The van der Waals surface area contributed by atoms with Gasteiger partial charge in [-0.05, 0) is 51.5 Å². The number of carbonyl (C=O) groups is 1. The van der Waals surface area contributed by atoms with Crippen LogP contribution in [0.3, 0.4) is 0 Å². The maximum absolute atomic E-state index is 13.2. The van der Waals surface area contributed by atoms with E-state index in [0.29, 0.717) is 24.9 Å². The zero-order chi connectivity index (χ0) is 24.1. The van der Waals surface area contributed by atoms with Crippen molar-refractivity contribution in [2.45, 2.75) is 76.9 Å². The minimum atomic E-state index is 0.105. The fraction of sp³-hybridized carbons (Fsp3) is 0.846. The van der Waals surface area contributed by atoms with Gasteiger partial charge in [0, 0.05) is 57.3 Å². The molecule has 3 aliphatic rings. The van der Waals surface area contributed by atoms with Gasteiger partial charge >= 0.3 is 0 Å². The summed E-state index contributed by atoms with van der Waals surface area (Å²) in [4.78, 5) is 17.6. The van der Waals surface area contributed by atoms with Gasteiger partial charge in [-0.3, -0.25) is 14.4 Å². The van der Waals surface area contributed by atoms with Crippen molar-refractivity contribution >= 4 is 5.91 Å². The SMILES string of the molecule is COCC1(COC)CCC(c2c(CN(C)CCN)nn3c2CN(C(=O)C2CCCC2)CC3)CC1. The van der Waals surface area contributed by atoms with E-state index in [0.717, 1.165) is 77.9 Å². The first-order chi connectivity index (χ1) is 16.5. The average molecular weight is 476 g/mol. The van der Waals surface area contributed by atoms with Gasteiger partial charge in [-0.1, -0.05) is 12.8 Å². The number of hydrogen-bond acceptors (Lipinski definition) is 6. The molecule has 0 saturated heterocycles. The molecule has 2 aliphatic carbocycles. The quantitative estimate of drug-likeness (QED) is 0.560. The molecular weight excluding hydrogens is 430 g/mol. The van der Waals surface area contributed by atoms with Gasteiger partial charge in [0.25, 0.3) is 0 Å². The van der Waals surface area contributed by atoms with Crippen LogP contribution in [-0.2, 0) is 33.9 Å². The average Bonchev–Trinajstić information content (AvgIpc) is 3.47. The molecule has 0 bridgehead atoms. The molecule has 8 heteroatoms. The second-order valence-corrected chi connectivity index (χ2v) is 10.9. The van der Waals surface area contributed by atoms with Gasteiger partial charge in [-0.15, -0.1) is 0 Å². The summed E-state index contributed by atoms with van der Waals surface area (Å²) in [5.41, 5.74) is 9.78. The molecule has 0 atom stereocenters.